The van der Waals surface area contributed by atoms with Crippen molar-refractivity contribution in [3.05, 3.63) is 50.8 Å². The zero-order chi connectivity index (χ0) is 13.1. The molecule has 0 atom stereocenters. The summed E-state index contributed by atoms with van der Waals surface area (Å²) >= 11 is 0. The number of methoxy groups -OCH3 is 1. The predicted octanol–water partition coefficient (Wildman–Crippen LogP) is 1.35. The van der Waals surface area contributed by atoms with Gasteiger partial charge in [0.05, 0.1) is 23.3 Å². The van der Waals surface area contributed by atoms with E-state index < -0.39 is 4.92 Å². The van der Waals surface area contributed by atoms with Crippen LogP contribution in [-0.2, 0) is 0 Å². The van der Waals surface area contributed by atoms with E-state index in [0.717, 1.165) is 0 Å². The van der Waals surface area contributed by atoms with E-state index in [1.807, 2.05) is 0 Å². The number of rotatable bonds is 3. The number of aromatic nitrogens is 2. The van der Waals surface area contributed by atoms with Crippen LogP contribution in [0.15, 0.2) is 35.1 Å². The summed E-state index contributed by atoms with van der Waals surface area (Å²) < 4.78 is 4.95. The Labute approximate surface area is 101 Å². The lowest BCUT2D eigenvalue weighted by Gasteiger charge is -2.05. The Kier molecular flexibility index (Phi) is 3.05. The van der Waals surface area contributed by atoms with Gasteiger partial charge in [0.25, 0.3) is 5.56 Å². The Balaban J connectivity index is 2.67. The van der Waals surface area contributed by atoms with Gasteiger partial charge in [-0.1, -0.05) is 6.07 Å². The van der Waals surface area contributed by atoms with Crippen LogP contribution in [-0.4, -0.2) is 22.2 Å². The van der Waals surface area contributed by atoms with Crippen LogP contribution < -0.4 is 10.3 Å². The van der Waals surface area contributed by atoms with E-state index in [0.29, 0.717) is 5.69 Å². The summed E-state index contributed by atoms with van der Waals surface area (Å²) in [7, 11) is 1.35. The third kappa shape index (κ3) is 2.05. The maximum Gasteiger partial charge on any atom is 0.320 e. The first-order valence-corrected chi connectivity index (χ1v) is 5.01. The second-order valence-corrected chi connectivity index (χ2v) is 3.42. The van der Waals surface area contributed by atoms with Crippen LogP contribution in [0.2, 0.25) is 0 Å². The fraction of sp³-hybridized carbons (Fsp3) is 0.0909. The number of nitro groups is 1. The molecule has 0 radical (unpaired) electrons. The molecule has 1 aromatic carbocycles. The first kappa shape index (κ1) is 11.8. The van der Waals surface area contributed by atoms with Gasteiger partial charge in [-0.3, -0.25) is 14.9 Å². The number of nitrogens with zero attached hydrogens (tertiary/aromatic N) is 2. The number of aromatic amines is 1. The molecule has 7 nitrogen and oxygen atoms in total. The molecule has 0 aliphatic carbocycles. The van der Waals surface area contributed by atoms with Crippen molar-refractivity contribution in [1.82, 2.24) is 10.2 Å². The Bertz CT molecular complexity index is 630. The van der Waals surface area contributed by atoms with Crippen molar-refractivity contribution in [2.45, 2.75) is 0 Å². The largest absolute Gasteiger partial charge is 0.490 e. The zero-order valence-electron chi connectivity index (χ0n) is 9.41. The molecule has 7 heteroatoms. The van der Waals surface area contributed by atoms with Crippen molar-refractivity contribution in [1.29, 1.82) is 0 Å². The van der Waals surface area contributed by atoms with E-state index in [1.165, 1.54) is 25.3 Å². The van der Waals surface area contributed by atoms with Gasteiger partial charge < -0.3 is 4.74 Å². The van der Waals surface area contributed by atoms with Crippen molar-refractivity contribution in [2.24, 2.45) is 0 Å². The molecule has 1 heterocycles. The minimum absolute atomic E-state index is 0.144. The van der Waals surface area contributed by atoms with Crippen molar-refractivity contribution >= 4 is 5.69 Å². The Hall–Kier alpha value is -2.70. The molecule has 0 saturated heterocycles. The highest BCUT2D eigenvalue weighted by atomic mass is 16.6. The van der Waals surface area contributed by atoms with Gasteiger partial charge in [0, 0.05) is 6.07 Å². The maximum atomic E-state index is 11.1. The molecule has 2 aromatic rings. The number of hydrogen-bond donors (Lipinski definition) is 1. The van der Waals surface area contributed by atoms with E-state index in [4.69, 9.17) is 4.74 Å². The van der Waals surface area contributed by atoms with Gasteiger partial charge in [-0.15, -0.1) is 0 Å². The van der Waals surface area contributed by atoms with E-state index in [1.54, 1.807) is 12.1 Å². The molecule has 0 amide bonds. The number of para-hydroxylation sites is 1. The van der Waals surface area contributed by atoms with Crippen LogP contribution in [0.5, 0.6) is 5.75 Å². The first-order chi connectivity index (χ1) is 8.63. The molecular weight excluding hydrogens is 238 g/mol. The smallest absolute Gasteiger partial charge is 0.320 e. The zero-order valence-corrected chi connectivity index (χ0v) is 9.41. The molecule has 0 unspecified atom stereocenters. The Morgan fingerprint density at radius 2 is 2.11 bits per heavy atom. The van der Waals surface area contributed by atoms with Gasteiger partial charge in [-0.25, -0.2) is 5.10 Å². The van der Waals surface area contributed by atoms with Crippen molar-refractivity contribution < 1.29 is 9.66 Å². The molecule has 0 spiro atoms. The molecule has 0 fully saturated rings. The number of H-pyrrole nitrogens is 1. The second kappa shape index (κ2) is 4.66. The SMILES string of the molecule is COc1cccc(-c2ccc(=O)[nH]n2)c1[N+](=O)[O-]. The number of nitrogens with one attached hydrogen (secondary N) is 1. The number of ether oxygens (including phenoxy) is 1. The quantitative estimate of drug-likeness (QED) is 0.652. The van der Waals surface area contributed by atoms with Crippen LogP contribution in [0.25, 0.3) is 11.3 Å². The number of nitro benzene ring substituents is 1. The van der Waals surface area contributed by atoms with Gasteiger partial charge in [0.15, 0.2) is 5.75 Å². The molecule has 1 N–H and O–H groups in total. The van der Waals surface area contributed by atoms with Gasteiger partial charge in [0.2, 0.25) is 0 Å². The average molecular weight is 247 g/mol. The third-order valence-corrected chi connectivity index (χ3v) is 2.36. The van der Waals surface area contributed by atoms with E-state index in [-0.39, 0.29) is 22.6 Å². The van der Waals surface area contributed by atoms with Crippen molar-refractivity contribution in [3.63, 3.8) is 0 Å². The highest BCUT2D eigenvalue weighted by Gasteiger charge is 2.22. The summed E-state index contributed by atoms with van der Waals surface area (Å²) in [5.41, 5.74) is 0.0413. The van der Waals surface area contributed by atoms with Crippen LogP contribution in [0.3, 0.4) is 0 Å². The van der Waals surface area contributed by atoms with Crippen LogP contribution >= 0.6 is 0 Å². The molecule has 0 aliphatic heterocycles. The number of benzene rings is 1. The van der Waals surface area contributed by atoms with E-state index in [2.05, 4.69) is 10.2 Å². The van der Waals surface area contributed by atoms with Crippen LogP contribution in [0, 0.1) is 10.1 Å². The molecular formula is C11H9N3O4. The summed E-state index contributed by atoms with van der Waals surface area (Å²) in [6.07, 6.45) is 0. The fourth-order valence-corrected chi connectivity index (χ4v) is 1.58. The van der Waals surface area contributed by atoms with Crippen LogP contribution in [0.1, 0.15) is 0 Å². The maximum absolute atomic E-state index is 11.1. The molecule has 0 bridgehead atoms. The van der Waals surface area contributed by atoms with Gasteiger partial charge >= 0.3 is 5.69 Å². The second-order valence-electron chi connectivity index (χ2n) is 3.42. The summed E-state index contributed by atoms with van der Waals surface area (Å²) in [5.74, 6) is 0.144. The third-order valence-electron chi connectivity index (χ3n) is 2.36. The summed E-state index contributed by atoms with van der Waals surface area (Å²) in [6.45, 7) is 0. The lowest BCUT2D eigenvalue weighted by molar-refractivity contribution is -0.385. The molecule has 0 aliphatic rings. The minimum Gasteiger partial charge on any atom is -0.490 e. The molecule has 92 valence electrons. The van der Waals surface area contributed by atoms with Crippen molar-refractivity contribution in [3.8, 4) is 17.0 Å². The Morgan fingerprint density at radius 3 is 2.67 bits per heavy atom. The van der Waals surface area contributed by atoms with Gasteiger partial charge in [-0.2, -0.15) is 5.10 Å². The molecule has 2 rings (SSSR count). The lowest BCUT2D eigenvalue weighted by atomic mass is 10.1. The standard InChI is InChI=1S/C11H9N3O4/c1-18-9-4-2-3-7(11(9)14(16)17)8-5-6-10(15)13-12-8/h2-6H,1H3,(H,13,15). The van der Waals surface area contributed by atoms with Gasteiger partial charge in [-0.05, 0) is 18.2 Å². The minimum atomic E-state index is -0.541. The van der Waals surface area contributed by atoms with E-state index in [9.17, 15) is 14.9 Å². The highest BCUT2D eigenvalue weighted by Crippen LogP contribution is 2.35. The van der Waals surface area contributed by atoms with E-state index >= 15 is 0 Å². The normalized spacial score (nSPS) is 10.1. The lowest BCUT2D eigenvalue weighted by Crippen LogP contribution is -2.06. The Morgan fingerprint density at radius 1 is 1.33 bits per heavy atom. The van der Waals surface area contributed by atoms with Crippen LogP contribution in [0.4, 0.5) is 5.69 Å². The van der Waals surface area contributed by atoms with Crippen molar-refractivity contribution in [2.75, 3.05) is 7.11 Å². The monoisotopic (exact) mass is 247 g/mol. The molecule has 18 heavy (non-hydrogen) atoms. The first-order valence-electron chi connectivity index (χ1n) is 5.01. The average Bonchev–Trinajstić information content (AvgIpc) is 2.38. The summed E-state index contributed by atoms with van der Waals surface area (Å²) in [4.78, 5) is 21.4. The summed E-state index contributed by atoms with van der Waals surface area (Å²) in [6, 6.07) is 7.33. The fourth-order valence-electron chi connectivity index (χ4n) is 1.58. The predicted molar refractivity (Wildman–Crippen MR) is 63.5 cm³/mol. The summed E-state index contributed by atoms with van der Waals surface area (Å²) in [5, 5.41) is 17.1. The van der Waals surface area contributed by atoms with Gasteiger partial charge in [0.1, 0.15) is 0 Å². The number of hydrogen-bond acceptors (Lipinski definition) is 5. The molecule has 0 saturated carbocycles. The molecule has 1 aromatic heterocycles. The topological polar surface area (TPSA) is 98.1 Å². The highest BCUT2D eigenvalue weighted by molar-refractivity contribution is 5.74.